The average Bonchev–Trinajstić information content (AvgIpc) is 2.87. The molecular weight excluding hydrogens is 188 g/mol. The first-order chi connectivity index (χ1) is 6.04. The molecule has 1 saturated carbocycles. The molecule has 4 nitrogen and oxygen atoms in total. The molecule has 78 valence electrons. The maximum absolute atomic E-state index is 11.8. The Morgan fingerprint density at radius 1 is 1.54 bits per heavy atom. The molecular formula is C8H18N2O2S. The van der Waals surface area contributed by atoms with Crippen LogP contribution < -0.4 is 5.73 Å². The summed E-state index contributed by atoms with van der Waals surface area (Å²) in [7, 11) is -1.47. The van der Waals surface area contributed by atoms with Crippen molar-refractivity contribution in [2.45, 2.75) is 37.5 Å². The molecule has 0 aromatic rings. The van der Waals surface area contributed by atoms with Gasteiger partial charge in [-0.3, -0.25) is 0 Å². The fraction of sp³-hybridized carbons (Fsp3) is 1.00. The largest absolute Gasteiger partial charge is 0.329 e. The van der Waals surface area contributed by atoms with Crippen LogP contribution in [0.1, 0.15) is 26.2 Å². The Kier molecular flexibility index (Phi) is 3.32. The highest BCUT2D eigenvalue weighted by Gasteiger charge is 2.37. The Bertz CT molecular complexity index is 247. The number of nitrogens with zero attached hydrogens (tertiary/aromatic N) is 1. The van der Waals surface area contributed by atoms with Crippen molar-refractivity contribution in [2.75, 3.05) is 13.6 Å². The molecule has 0 spiro atoms. The molecule has 0 aromatic heterocycles. The van der Waals surface area contributed by atoms with Gasteiger partial charge < -0.3 is 5.73 Å². The first kappa shape index (κ1) is 10.9. The molecule has 1 fully saturated rings. The standard InChI is InChI=1S/C8H18N2O2S/c1-3-8(6-9)13(11,12)10(2)7-4-5-7/h7-8H,3-6,9H2,1-2H3. The zero-order valence-corrected chi connectivity index (χ0v) is 9.05. The molecule has 13 heavy (non-hydrogen) atoms. The van der Waals surface area contributed by atoms with Crippen molar-refractivity contribution < 1.29 is 8.42 Å². The highest BCUT2D eigenvalue weighted by molar-refractivity contribution is 7.89. The number of hydrogen-bond acceptors (Lipinski definition) is 3. The van der Waals surface area contributed by atoms with Crippen LogP contribution >= 0.6 is 0 Å². The predicted molar refractivity (Wildman–Crippen MR) is 52.8 cm³/mol. The molecule has 0 amide bonds. The van der Waals surface area contributed by atoms with Crippen LogP contribution in [0.25, 0.3) is 0 Å². The van der Waals surface area contributed by atoms with Crippen LogP contribution in [-0.4, -0.2) is 37.6 Å². The van der Waals surface area contributed by atoms with Crippen molar-refractivity contribution in [1.82, 2.24) is 4.31 Å². The lowest BCUT2D eigenvalue weighted by atomic mass is 10.3. The number of sulfonamides is 1. The summed E-state index contributed by atoms with van der Waals surface area (Å²) < 4.78 is 25.1. The van der Waals surface area contributed by atoms with Gasteiger partial charge >= 0.3 is 0 Å². The third-order valence-corrected chi connectivity index (χ3v) is 5.07. The monoisotopic (exact) mass is 206 g/mol. The highest BCUT2D eigenvalue weighted by Crippen LogP contribution is 2.29. The molecule has 0 aliphatic heterocycles. The fourth-order valence-corrected chi connectivity index (χ4v) is 3.14. The van der Waals surface area contributed by atoms with Crippen LogP contribution in [0.15, 0.2) is 0 Å². The lowest BCUT2D eigenvalue weighted by Gasteiger charge is -2.22. The van der Waals surface area contributed by atoms with E-state index in [4.69, 9.17) is 5.73 Å². The van der Waals surface area contributed by atoms with E-state index in [0.29, 0.717) is 6.42 Å². The van der Waals surface area contributed by atoms with E-state index >= 15 is 0 Å². The van der Waals surface area contributed by atoms with Crippen LogP contribution in [0, 0.1) is 0 Å². The van der Waals surface area contributed by atoms with E-state index in [1.807, 2.05) is 6.92 Å². The molecule has 1 aliphatic rings. The Morgan fingerprint density at radius 3 is 2.38 bits per heavy atom. The lowest BCUT2D eigenvalue weighted by molar-refractivity contribution is 0.451. The second-order valence-corrected chi connectivity index (χ2v) is 5.83. The molecule has 1 atom stereocenters. The number of hydrogen-bond donors (Lipinski definition) is 1. The Balaban J connectivity index is 2.72. The third-order valence-electron chi connectivity index (χ3n) is 2.60. The molecule has 0 aromatic carbocycles. The van der Waals surface area contributed by atoms with E-state index in [9.17, 15) is 8.42 Å². The summed E-state index contributed by atoms with van der Waals surface area (Å²) in [6.45, 7) is 2.08. The van der Waals surface area contributed by atoms with Crippen LogP contribution in [0.5, 0.6) is 0 Å². The highest BCUT2D eigenvalue weighted by atomic mass is 32.2. The average molecular weight is 206 g/mol. The van der Waals surface area contributed by atoms with Crippen LogP contribution in [0.3, 0.4) is 0 Å². The summed E-state index contributed by atoms with van der Waals surface area (Å²) in [4.78, 5) is 0. The molecule has 1 unspecified atom stereocenters. The van der Waals surface area contributed by atoms with Gasteiger partial charge in [-0.15, -0.1) is 0 Å². The molecule has 5 heteroatoms. The fourth-order valence-electron chi connectivity index (χ4n) is 1.38. The zero-order chi connectivity index (χ0) is 10.1. The molecule has 0 heterocycles. The molecule has 1 aliphatic carbocycles. The summed E-state index contributed by atoms with van der Waals surface area (Å²) in [5.74, 6) is 0. The number of rotatable bonds is 5. The van der Waals surface area contributed by atoms with Crippen molar-refractivity contribution in [1.29, 1.82) is 0 Å². The van der Waals surface area contributed by atoms with E-state index in [-0.39, 0.29) is 12.6 Å². The van der Waals surface area contributed by atoms with Crippen molar-refractivity contribution >= 4 is 10.0 Å². The Morgan fingerprint density at radius 2 is 2.08 bits per heavy atom. The van der Waals surface area contributed by atoms with E-state index in [0.717, 1.165) is 12.8 Å². The smallest absolute Gasteiger partial charge is 0.218 e. The topological polar surface area (TPSA) is 63.4 Å². The zero-order valence-electron chi connectivity index (χ0n) is 8.23. The minimum absolute atomic E-state index is 0.218. The first-order valence-corrected chi connectivity index (χ1v) is 6.21. The van der Waals surface area contributed by atoms with Gasteiger partial charge in [-0.05, 0) is 19.3 Å². The van der Waals surface area contributed by atoms with Crippen molar-refractivity contribution in [3.8, 4) is 0 Å². The van der Waals surface area contributed by atoms with Gasteiger partial charge in [0.2, 0.25) is 10.0 Å². The molecule has 0 radical (unpaired) electrons. The molecule has 0 bridgehead atoms. The Labute approximate surface area is 80.1 Å². The van der Waals surface area contributed by atoms with Crippen molar-refractivity contribution in [3.63, 3.8) is 0 Å². The summed E-state index contributed by atoms with van der Waals surface area (Å²) in [5.41, 5.74) is 5.42. The maximum atomic E-state index is 11.8. The van der Waals surface area contributed by atoms with E-state index < -0.39 is 15.3 Å². The predicted octanol–water partition coefficient (Wildman–Crippen LogP) is 0.148. The Hall–Kier alpha value is -0.130. The van der Waals surface area contributed by atoms with Gasteiger partial charge in [0.15, 0.2) is 0 Å². The summed E-state index contributed by atoms with van der Waals surface area (Å²) >= 11 is 0. The van der Waals surface area contributed by atoms with Gasteiger partial charge in [0.05, 0.1) is 5.25 Å². The molecule has 1 rings (SSSR count). The second-order valence-electron chi connectivity index (χ2n) is 3.56. The van der Waals surface area contributed by atoms with E-state index in [1.165, 1.54) is 4.31 Å². The summed E-state index contributed by atoms with van der Waals surface area (Å²) in [6, 6.07) is 0.241. The third kappa shape index (κ3) is 2.21. The van der Waals surface area contributed by atoms with E-state index in [1.54, 1.807) is 7.05 Å². The van der Waals surface area contributed by atoms with Crippen molar-refractivity contribution in [3.05, 3.63) is 0 Å². The normalized spacial score (nSPS) is 20.6. The summed E-state index contributed by atoms with van der Waals surface area (Å²) in [6.07, 6.45) is 2.59. The van der Waals surface area contributed by atoms with Crippen molar-refractivity contribution in [2.24, 2.45) is 5.73 Å². The quantitative estimate of drug-likeness (QED) is 0.696. The van der Waals surface area contributed by atoms with Gasteiger partial charge in [-0.1, -0.05) is 6.92 Å². The van der Waals surface area contributed by atoms with Crippen LogP contribution in [0.2, 0.25) is 0 Å². The minimum atomic E-state index is -3.13. The second kappa shape index (κ2) is 3.94. The maximum Gasteiger partial charge on any atom is 0.218 e. The van der Waals surface area contributed by atoms with Gasteiger partial charge in [-0.2, -0.15) is 0 Å². The SMILES string of the molecule is CCC(CN)S(=O)(=O)N(C)C1CC1. The molecule has 2 N–H and O–H groups in total. The van der Waals surface area contributed by atoms with Gasteiger partial charge in [0.25, 0.3) is 0 Å². The lowest BCUT2D eigenvalue weighted by Crippen LogP contribution is -2.40. The molecule has 0 saturated heterocycles. The summed E-state index contributed by atoms with van der Waals surface area (Å²) in [5, 5.41) is -0.405. The van der Waals surface area contributed by atoms with Crippen LogP contribution in [0.4, 0.5) is 0 Å². The van der Waals surface area contributed by atoms with Crippen LogP contribution in [-0.2, 0) is 10.0 Å². The van der Waals surface area contributed by atoms with E-state index in [2.05, 4.69) is 0 Å². The van der Waals surface area contributed by atoms with Gasteiger partial charge in [0.1, 0.15) is 0 Å². The first-order valence-electron chi connectivity index (χ1n) is 4.71. The van der Waals surface area contributed by atoms with Gasteiger partial charge in [0, 0.05) is 19.6 Å². The minimum Gasteiger partial charge on any atom is -0.329 e. The van der Waals surface area contributed by atoms with Gasteiger partial charge in [-0.25, -0.2) is 12.7 Å². The number of nitrogens with two attached hydrogens (primary N) is 1.